The molecule has 1 aromatic carbocycles. The highest BCUT2D eigenvalue weighted by Crippen LogP contribution is 2.17. The number of hydrogen-bond donors (Lipinski definition) is 2. The van der Waals surface area contributed by atoms with Crippen LogP contribution >= 0.6 is 0 Å². The zero-order chi connectivity index (χ0) is 11.5. The molecular weight excluding hydrogens is 212 g/mol. The molecule has 0 fully saturated rings. The molecule has 0 saturated carbocycles. The van der Waals surface area contributed by atoms with Gasteiger partial charge in [-0.15, -0.1) is 0 Å². The van der Waals surface area contributed by atoms with Crippen molar-refractivity contribution in [3.05, 3.63) is 18.2 Å². The van der Waals surface area contributed by atoms with Crippen LogP contribution < -0.4 is 16.7 Å². The molecular formula is C9H16N2O3Si. The van der Waals surface area contributed by atoms with Gasteiger partial charge in [0.25, 0.3) is 0 Å². The average Bonchev–Trinajstić information content (AvgIpc) is 2.27. The molecule has 0 aliphatic rings. The Bertz CT molecular complexity index is 334. The second kappa shape index (κ2) is 4.62. The van der Waals surface area contributed by atoms with Crippen molar-refractivity contribution in [3.63, 3.8) is 0 Å². The summed E-state index contributed by atoms with van der Waals surface area (Å²) in [5.74, 6) is 0. The molecule has 0 unspecified atom stereocenters. The topological polar surface area (TPSA) is 79.7 Å². The minimum absolute atomic E-state index is 0.453. The highest BCUT2D eigenvalue weighted by atomic mass is 28.4. The van der Waals surface area contributed by atoms with Gasteiger partial charge in [0.1, 0.15) is 0 Å². The van der Waals surface area contributed by atoms with E-state index in [9.17, 15) is 0 Å². The van der Waals surface area contributed by atoms with E-state index in [1.807, 2.05) is 0 Å². The zero-order valence-corrected chi connectivity index (χ0v) is 10.1. The van der Waals surface area contributed by atoms with E-state index in [0.29, 0.717) is 16.6 Å². The van der Waals surface area contributed by atoms with Crippen LogP contribution in [0.15, 0.2) is 18.2 Å². The lowest BCUT2D eigenvalue weighted by atomic mass is 10.3. The first kappa shape index (κ1) is 12.0. The van der Waals surface area contributed by atoms with Crippen molar-refractivity contribution in [2.45, 2.75) is 0 Å². The number of para-hydroxylation sites is 1. The highest BCUT2D eigenvalue weighted by Gasteiger charge is 2.42. The Hall–Kier alpha value is -1.08. The van der Waals surface area contributed by atoms with Gasteiger partial charge in [0.05, 0.1) is 11.4 Å². The van der Waals surface area contributed by atoms with E-state index in [1.165, 1.54) is 21.3 Å². The van der Waals surface area contributed by atoms with Gasteiger partial charge in [-0.1, -0.05) is 12.1 Å². The smallest absolute Gasteiger partial charge is 0.397 e. The molecule has 1 rings (SSSR count). The van der Waals surface area contributed by atoms with Crippen LogP contribution in [0.1, 0.15) is 0 Å². The summed E-state index contributed by atoms with van der Waals surface area (Å²) in [5, 5.41) is 0.690. The normalized spacial score (nSPS) is 11.7. The lowest BCUT2D eigenvalue weighted by Crippen LogP contribution is -2.55. The summed E-state index contributed by atoms with van der Waals surface area (Å²) in [6.45, 7) is 0. The Kier molecular flexibility index (Phi) is 3.70. The number of nitrogens with two attached hydrogens (primary N) is 2. The van der Waals surface area contributed by atoms with E-state index in [-0.39, 0.29) is 0 Å². The van der Waals surface area contributed by atoms with E-state index in [4.69, 9.17) is 24.7 Å². The average molecular weight is 228 g/mol. The summed E-state index contributed by atoms with van der Waals surface area (Å²) >= 11 is 0. The fourth-order valence-electron chi connectivity index (χ4n) is 1.43. The van der Waals surface area contributed by atoms with E-state index in [2.05, 4.69) is 0 Å². The summed E-state index contributed by atoms with van der Waals surface area (Å²) in [4.78, 5) is 0. The molecule has 0 aliphatic carbocycles. The van der Waals surface area contributed by atoms with Gasteiger partial charge in [-0.25, -0.2) is 0 Å². The summed E-state index contributed by atoms with van der Waals surface area (Å²) in [6.07, 6.45) is 0. The maximum atomic E-state index is 5.87. The maximum Gasteiger partial charge on any atom is 0.538 e. The van der Waals surface area contributed by atoms with E-state index >= 15 is 0 Å². The van der Waals surface area contributed by atoms with Gasteiger partial charge < -0.3 is 24.7 Å². The molecule has 84 valence electrons. The van der Waals surface area contributed by atoms with Crippen LogP contribution in [-0.4, -0.2) is 30.1 Å². The summed E-state index contributed by atoms with van der Waals surface area (Å²) in [6, 6.07) is 5.31. The van der Waals surface area contributed by atoms with E-state index in [1.54, 1.807) is 18.2 Å². The second-order valence-electron chi connectivity index (χ2n) is 2.98. The molecule has 0 atom stereocenters. The standard InChI is InChI=1S/C9H16N2O3Si/c1-12-15(13-2,14-3)8-6-4-5-7(10)9(8)11/h4-6H,10-11H2,1-3H3. The molecule has 0 heterocycles. The van der Waals surface area contributed by atoms with Crippen LogP contribution in [0.25, 0.3) is 0 Å². The SMILES string of the molecule is CO[Si](OC)(OC)c1cccc(N)c1N. The number of benzene rings is 1. The van der Waals surface area contributed by atoms with Crippen molar-refractivity contribution in [1.29, 1.82) is 0 Å². The van der Waals surface area contributed by atoms with E-state index in [0.717, 1.165) is 0 Å². The van der Waals surface area contributed by atoms with Crippen LogP contribution in [-0.2, 0) is 13.3 Å². The molecule has 0 radical (unpaired) electrons. The van der Waals surface area contributed by atoms with E-state index < -0.39 is 8.80 Å². The minimum atomic E-state index is -2.87. The molecule has 0 spiro atoms. The first-order chi connectivity index (χ1) is 7.11. The number of anilines is 2. The first-order valence-corrected chi connectivity index (χ1v) is 6.13. The molecule has 4 N–H and O–H groups in total. The summed E-state index contributed by atoms with van der Waals surface area (Å²) in [5.41, 5.74) is 12.5. The van der Waals surface area contributed by atoms with Crippen LogP contribution in [0, 0.1) is 0 Å². The quantitative estimate of drug-likeness (QED) is 0.557. The van der Waals surface area contributed by atoms with Gasteiger partial charge in [0.15, 0.2) is 0 Å². The molecule has 15 heavy (non-hydrogen) atoms. The first-order valence-electron chi connectivity index (χ1n) is 4.41. The molecule has 5 nitrogen and oxygen atoms in total. The maximum absolute atomic E-state index is 5.87. The van der Waals surface area contributed by atoms with Crippen LogP contribution in [0.4, 0.5) is 11.4 Å². The molecule has 0 bridgehead atoms. The van der Waals surface area contributed by atoms with Gasteiger partial charge in [0, 0.05) is 26.5 Å². The summed E-state index contributed by atoms with van der Waals surface area (Å²) < 4.78 is 16.0. The van der Waals surface area contributed by atoms with Crippen molar-refractivity contribution in [1.82, 2.24) is 0 Å². The number of rotatable bonds is 4. The van der Waals surface area contributed by atoms with Gasteiger partial charge >= 0.3 is 8.80 Å². The van der Waals surface area contributed by atoms with Crippen molar-refractivity contribution in [2.24, 2.45) is 0 Å². The Balaban J connectivity index is 3.28. The van der Waals surface area contributed by atoms with Gasteiger partial charge in [0.2, 0.25) is 0 Å². The number of nitrogen functional groups attached to an aromatic ring is 2. The Morgan fingerprint density at radius 2 is 1.53 bits per heavy atom. The predicted molar refractivity (Wildman–Crippen MR) is 61.7 cm³/mol. The van der Waals surface area contributed by atoms with Crippen molar-refractivity contribution in [3.8, 4) is 0 Å². The zero-order valence-electron chi connectivity index (χ0n) is 9.11. The van der Waals surface area contributed by atoms with Gasteiger partial charge in [-0.2, -0.15) is 0 Å². The summed E-state index contributed by atoms with van der Waals surface area (Å²) in [7, 11) is 1.71. The predicted octanol–water partition coefficient (Wildman–Crippen LogP) is -0.0639. The van der Waals surface area contributed by atoms with Crippen LogP contribution in [0.2, 0.25) is 0 Å². The largest absolute Gasteiger partial charge is 0.538 e. The Morgan fingerprint density at radius 3 is 2.00 bits per heavy atom. The molecule has 1 aromatic rings. The molecule has 0 amide bonds. The van der Waals surface area contributed by atoms with Crippen LogP contribution in [0.3, 0.4) is 0 Å². The Morgan fingerprint density at radius 1 is 1.00 bits per heavy atom. The van der Waals surface area contributed by atoms with Crippen molar-refractivity contribution in [2.75, 3.05) is 32.8 Å². The lowest BCUT2D eigenvalue weighted by Gasteiger charge is -2.26. The van der Waals surface area contributed by atoms with Gasteiger partial charge in [-0.05, 0) is 6.07 Å². The van der Waals surface area contributed by atoms with Crippen LogP contribution in [0.5, 0.6) is 0 Å². The van der Waals surface area contributed by atoms with Crippen molar-refractivity contribution >= 4 is 25.4 Å². The third-order valence-corrected chi connectivity index (χ3v) is 4.98. The third-order valence-electron chi connectivity index (χ3n) is 2.28. The number of hydrogen-bond acceptors (Lipinski definition) is 5. The van der Waals surface area contributed by atoms with Crippen molar-refractivity contribution < 1.29 is 13.3 Å². The Labute approximate surface area is 90.3 Å². The monoisotopic (exact) mass is 228 g/mol. The minimum Gasteiger partial charge on any atom is -0.397 e. The fraction of sp³-hybridized carbons (Fsp3) is 0.333. The molecule has 6 heteroatoms. The second-order valence-corrected chi connectivity index (χ2v) is 5.85. The van der Waals surface area contributed by atoms with Gasteiger partial charge in [-0.3, -0.25) is 0 Å². The fourth-order valence-corrected chi connectivity index (χ4v) is 3.36. The third kappa shape index (κ3) is 1.98. The molecule has 0 saturated heterocycles. The lowest BCUT2D eigenvalue weighted by molar-refractivity contribution is 0.140. The molecule has 0 aliphatic heterocycles. The highest BCUT2D eigenvalue weighted by molar-refractivity contribution is 6.76. The molecule has 0 aromatic heterocycles.